The average Bonchev–Trinajstić information content (AvgIpc) is 3.52. The van der Waals surface area contributed by atoms with Crippen molar-refractivity contribution in [3.63, 3.8) is 0 Å². The molecule has 4 aromatic rings. The van der Waals surface area contributed by atoms with Gasteiger partial charge in [0.05, 0.1) is 18.8 Å². The normalized spacial score (nSPS) is 18.8. The molecule has 5 rings (SSSR count). The van der Waals surface area contributed by atoms with Gasteiger partial charge in [0, 0.05) is 23.4 Å². The predicted octanol–water partition coefficient (Wildman–Crippen LogP) is 5.58. The zero-order valence-electron chi connectivity index (χ0n) is 20.9. The fourth-order valence-corrected chi connectivity index (χ4v) is 5.02. The number of hydrogen-bond donors (Lipinski definition) is 3. The minimum absolute atomic E-state index is 0.00523. The van der Waals surface area contributed by atoms with Crippen LogP contribution < -0.4 is 5.32 Å². The molecule has 0 aliphatic carbocycles. The third-order valence-corrected chi connectivity index (χ3v) is 7.28. The summed E-state index contributed by atoms with van der Waals surface area (Å²) in [6.45, 7) is -0.114. The highest BCUT2D eigenvalue weighted by Gasteiger charge is 2.33. The summed E-state index contributed by atoms with van der Waals surface area (Å²) in [4.78, 5) is 16.6. The summed E-state index contributed by atoms with van der Waals surface area (Å²) in [6.07, 6.45) is 0.157. The van der Waals surface area contributed by atoms with Gasteiger partial charge in [-0.25, -0.2) is 26.9 Å². The Morgan fingerprint density at radius 2 is 1.68 bits per heavy atom. The lowest BCUT2D eigenvalue weighted by molar-refractivity contribution is -0.245. The number of aromatic nitrogens is 3. The fourth-order valence-electron chi connectivity index (χ4n) is 4.22. The van der Waals surface area contributed by atoms with Crippen LogP contribution in [0.25, 0.3) is 0 Å². The number of amides is 1. The van der Waals surface area contributed by atoms with Crippen LogP contribution in [0.1, 0.15) is 45.9 Å². The quantitative estimate of drug-likeness (QED) is 0.106. The van der Waals surface area contributed by atoms with Crippen LogP contribution in [0, 0.1) is 29.1 Å². The number of aliphatic hydroxyl groups is 1. The second-order valence-corrected chi connectivity index (χ2v) is 9.98. The van der Waals surface area contributed by atoms with E-state index in [1.807, 2.05) is 12.1 Å². The lowest BCUT2D eigenvalue weighted by atomic mass is 10.0. The van der Waals surface area contributed by atoms with Gasteiger partial charge in [-0.1, -0.05) is 48.2 Å². The molecule has 0 spiro atoms. The monoisotopic (exact) mass is 592 g/mol. The Bertz CT molecular complexity index is 1510. The van der Waals surface area contributed by atoms with E-state index in [0.29, 0.717) is 22.9 Å². The first-order valence-electron chi connectivity index (χ1n) is 12.2. The van der Waals surface area contributed by atoms with Gasteiger partial charge in [-0.3, -0.25) is 9.89 Å². The van der Waals surface area contributed by atoms with Crippen molar-refractivity contribution in [2.24, 2.45) is 0 Å². The van der Waals surface area contributed by atoms with E-state index in [0.717, 1.165) is 11.1 Å². The molecular weight excluding hydrogens is 571 g/mol. The Morgan fingerprint density at radius 1 is 0.976 bits per heavy atom. The Balaban J connectivity index is 1.38. The van der Waals surface area contributed by atoms with Gasteiger partial charge in [0.1, 0.15) is 11.9 Å². The van der Waals surface area contributed by atoms with Crippen molar-refractivity contribution < 1.29 is 41.3 Å². The van der Waals surface area contributed by atoms with Crippen LogP contribution in [-0.4, -0.2) is 38.1 Å². The molecule has 14 heteroatoms. The average molecular weight is 593 g/mol. The zero-order chi connectivity index (χ0) is 29.1. The number of H-pyrrole nitrogens is 1. The molecular formula is C27H21F5N4O4S. The molecule has 214 valence electrons. The van der Waals surface area contributed by atoms with Crippen molar-refractivity contribution >= 4 is 23.4 Å². The minimum atomic E-state index is -2.36. The van der Waals surface area contributed by atoms with Crippen LogP contribution in [0.2, 0.25) is 0 Å². The van der Waals surface area contributed by atoms with Crippen molar-refractivity contribution in [1.29, 1.82) is 0 Å². The number of aliphatic hydroxyl groups excluding tert-OH is 1. The highest BCUT2D eigenvalue weighted by Crippen LogP contribution is 2.39. The molecule has 1 fully saturated rings. The number of aromatic amines is 1. The zero-order valence-corrected chi connectivity index (χ0v) is 21.7. The van der Waals surface area contributed by atoms with Crippen LogP contribution in [0.5, 0.6) is 0 Å². The third-order valence-electron chi connectivity index (χ3n) is 6.27. The molecule has 1 saturated heterocycles. The van der Waals surface area contributed by atoms with Gasteiger partial charge in [0.25, 0.3) is 5.91 Å². The van der Waals surface area contributed by atoms with Gasteiger partial charge in [-0.2, -0.15) is 5.10 Å². The molecule has 3 N–H and O–H groups in total. The number of anilines is 1. The summed E-state index contributed by atoms with van der Waals surface area (Å²) in [7, 11) is 0. The summed E-state index contributed by atoms with van der Waals surface area (Å²) in [6, 6.07) is 13.1. The van der Waals surface area contributed by atoms with Crippen LogP contribution in [0.15, 0.2) is 60.0 Å². The third kappa shape index (κ3) is 6.25. The van der Waals surface area contributed by atoms with Crippen molar-refractivity contribution in [1.82, 2.24) is 15.2 Å². The van der Waals surface area contributed by atoms with Crippen LogP contribution >= 0.6 is 11.8 Å². The number of thioether (sulfide) groups is 1. The lowest BCUT2D eigenvalue weighted by Crippen LogP contribution is -2.31. The van der Waals surface area contributed by atoms with Crippen molar-refractivity contribution in [2.45, 2.75) is 36.7 Å². The number of hydrogen-bond acceptors (Lipinski definition) is 7. The molecule has 8 nitrogen and oxygen atoms in total. The van der Waals surface area contributed by atoms with Gasteiger partial charge in [0.2, 0.25) is 5.82 Å². The molecule has 1 amide bonds. The lowest BCUT2D eigenvalue weighted by Gasteiger charge is -2.36. The number of halogens is 5. The van der Waals surface area contributed by atoms with Gasteiger partial charge in [0.15, 0.2) is 34.7 Å². The second kappa shape index (κ2) is 12.3. The van der Waals surface area contributed by atoms with E-state index in [1.54, 1.807) is 18.2 Å². The second-order valence-electron chi connectivity index (χ2n) is 8.98. The Kier molecular flexibility index (Phi) is 8.63. The van der Waals surface area contributed by atoms with Crippen molar-refractivity contribution in [2.75, 3.05) is 11.1 Å². The molecule has 0 saturated carbocycles. The van der Waals surface area contributed by atoms with Crippen LogP contribution in [0.3, 0.4) is 0 Å². The van der Waals surface area contributed by atoms with Crippen molar-refractivity contribution in [3.05, 3.63) is 106 Å². The first-order valence-corrected chi connectivity index (χ1v) is 13.1. The number of nitrogens with one attached hydrogen (secondary N) is 2. The molecule has 3 atom stereocenters. The number of carbonyl (C=O) groups is 1. The number of ether oxygens (including phenoxy) is 2. The maximum Gasteiger partial charge on any atom is 0.261 e. The van der Waals surface area contributed by atoms with E-state index in [1.165, 1.54) is 36.3 Å². The van der Waals surface area contributed by atoms with Gasteiger partial charge < -0.3 is 19.9 Å². The summed E-state index contributed by atoms with van der Waals surface area (Å²) < 4.78 is 81.3. The van der Waals surface area contributed by atoms with Gasteiger partial charge >= 0.3 is 0 Å². The Hall–Kier alpha value is -3.85. The van der Waals surface area contributed by atoms with E-state index in [9.17, 15) is 31.9 Å². The topological polar surface area (TPSA) is 109 Å². The first kappa shape index (κ1) is 28.7. The number of rotatable bonds is 8. The van der Waals surface area contributed by atoms with E-state index >= 15 is 0 Å². The molecule has 0 radical (unpaired) electrons. The molecule has 1 aliphatic rings. The predicted molar refractivity (Wildman–Crippen MR) is 136 cm³/mol. The summed E-state index contributed by atoms with van der Waals surface area (Å²) >= 11 is 1.39. The van der Waals surface area contributed by atoms with E-state index in [-0.39, 0.29) is 18.4 Å². The van der Waals surface area contributed by atoms with Gasteiger partial charge in [-0.15, -0.1) is 0 Å². The minimum Gasteiger partial charge on any atom is -0.392 e. The van der Waals surface area contributed by atoms with E-state index < -0.39 is 53.0 Å². The largest absolute Gasteiger partial charge is 0.392 e. The maximum absolute atomic E-state index is 14.1. The highest BCUT2D eigenvalue weighted by molar-refractivity contribution is 7.99. The molecule has 1 aromatic heterocycles. The highest BCUT2D eigenvalue weighted by atomic mass is 32.2. The summed E-state index contributed by atoms with van der Waals surface area (Å²) in [5, 5.41) is 18.7. The standard InChI is InChI=1S/C27H21F5N4O4S/c28-20-19(21(29)23(31)24(32)22(20)30)25(38)35-16-3-1-2-15(8-16)26-39-17(11-41-27-33-12-34-36-27)9-18(40-26)14-6-4-13(10-37)5-7-14/h1-8,12,17-18,26,37H,9-11H2,(H,35,38)(H,33,34,36)/t17-,18+,26+/m1/s1. The molecule has 0 unspecified atom stereocenters. The van der Waals surface area contributed by atoms with Crippen LogP contribution in [0.4, 0.5) is 27.6 Å². The molecule has 0 bridgehead atoms. The number of carbonyl (C=O) groups excluding carboxylic acids is 1. The molecule has 1 aliphatic heterocycles. The maximum atomic E-state index is 14.1. The summed E-state index contributed by atoms with van der Waals surface area (Å²) in [5.74, 6) is -12.3. The fraction of sp³-hybridized carbons (Fsp3) is 0.222. The van der Waals surface area contributed by atoms with Gasteiger partial charge in [-0.05, 0) is 23.3 Å². The Morgan fingerprint density at radius 3 is 2.34 bits per heavy atom. The first-order chi connectivity index (χ1) is 19.7. The molecule has 3 aromatic carbocycles. The SMILES string of the molecule is O=C(Nc1cccc([C@H]2O[C@@H](CSc3ncn[nH]3)C[C@@H](c3ccc(CO)cc3)O2)c1)c1c(F)c(F)c(F)c(F)c1F. The smallest absolute Gasteiger partial charge is 0.261 e. The molecule has 2 heterocycles. The van der Waals surface area contributed by atoms with Crippen molar-refractivity contribution in [3.8, 4) is 0 Å². The molecule has 41 heavy (non-hydrogen) atoms. The van der Waals surface area contributed by atoms with Crippen LogP contribution in [-0.2, 0) is 16.1 Å². The van der Waals surface area contributed by atoms with E-state index in [4.69, 9.17) is 9.47 Å². The van der Waals surface area contributed by atoms with E-state index in [2.05, 4.69) is 20.5 Å². The number of benzene rings is 3. The number of nitrogens with zero attached hydrogens (tertiary/aromatic N) is 2. The summed E-state index contributed by atoms with van der Waals surface area (Å²) in [5.41, 5.74) is 0.387. The Labute approximate surface area is 233 Å².